The zero-order valence-corrected chi connectivity index (χ0v) is 16.0. The van der Waals surface area contributed by atoms with Gasteiger partial charge in [0.15, 0.2) is 0 Å². The molecule has 142 valence electrons. The van der Waals surface area contributed by atoms with Gasteiger partial charge in [0, 0.05) is 29.1 Å². The van der Waals surface area contributed by atoms with Gasteiger partial charge in [0.1, 0.15) is 17.3 Å². The summed E-state index contributed by atoms with van der Waals surface area (Å²) in [6, 6.07) is 22.7. The first-order valence-corrected chi connectivity index (χ1v) is 10.5. The lowest BCUT2D eigenvalue weighted by Crippen LogP contribution is -2.43. The first-order chi connectivity index (χ1) is 13.9. The van der Waals surface area contributed by atoms with E-state index in [1.165, 1.54) is 36.8 Å². The Balaban J connectivity index is 1.33. The Morgan fingerprint density at radius 3 is 2.04 bits per heavy atom. The molecule has 3 heteroatoms. The van der Waals surface area contributed by atoms with E-state index in [2.05, 4.69) is 59.5 Å². The Labute approximate surface area is 165 Å². The van der Waals surface area contributed by atoms with Gasteiger partial charge in [-0.15, -0.1) is 0 Å². The Morgan fingerprint density at radius 2 is 1.43 bits per heavy atom. The molecule has 3 aromatic rings. The average Bonchev–Trinajstić information content (AvgIpc) is 3.32. The van der Waals surface area contributed by atoms with Crippen molar-refractivity contribution in [2.75, 3.05) is 0 Å². The Hall–Kier alpha value is -2.52. The minimum absolute atomic E-state index is 0.440. The summed E-state index contributed by atoms with van der Waals surface area (Å²) in [7, 11) is 0. The standard InChI is InChI=1S/C25H25NO2/c1-3-9-23-21(7-1)25(22-8-2-4-10-24(22)28-23)17-14-18-11-12-19(15-17)26(18)16-20-6-5-13-27-20/h1-10,13,17-19,25H,11-12,14-16H2. The van der Waals surface area contributed by atoms with Gasteiger partial charge in [0.05, 0.1) is 12.8 Å². The van der Waals surface area contributed by atoms with E-state index < -0.39 is 0 Å². The van der Waals surface area contributed by atoms with E-state index in [9.17, 15) is 0 Å². The molecule has 3 nitrogen and oxygen atoms in total. The van der Waals surface area contributed by atoms with Crippen LogP contribution in [0.25, 0.3) is 0 Å². The number of benzene rings is 2. The van der Waals surface area contributed by atoms with E-state index in [-0.39, 0.29) is 0 Å². The maximum Gasteiger partial charge on any atom is 0.131 e. The van der Waals surface area contributed by atoms with E-state index in [1.807, 2.05) is 6.07 Å². The lowest BCUT2D eigenvalue weighted by Gasteiger charge is -2.43. The molecule has 0 aliphatic carbocycles. The number of hydrogen-bond acceptors (Lipinski definition) is 3. The smallest absolute Gasteiger partial charge is 0.131 e. The van der Waals surface area contributed by atoms with Crippen molar-refractivity contribution in [2.45, 2.75) is 50.2 Å². The molecule has 2 atom stereocenters. The number of hydrogen-bond donors (Lipinski definition) is 0. The topological polar surface area (TPSA) is 25.6 Å². The zero-order chi connectivity index (χ0) is 18.5. The van der Waals surface area contributed by atoms with Crippen molar-refractivity contribution in [1.82, 2.24) is 4.90 Å². The van der Waals surface area contributed by atoms with Crippen LogP contribution in [-0.2, 0) is 6.54 Å². The predicted molar refractivity (Wildman–Crippen MR) is 109 cm³/mol. The molecule has 2 saturated heterocycles. The Morgan fingerprint density at radius 1 is 0.786 bits per heavy atom. The average molecular weight is 371 g/mol. The lowest BCUT2D eigenvalue weighted by atomic mass is 9.72. The molecule has 3 aliphatic rings. The summed E-state index contributed by atoms with van der Waals surface area (Å²) in [6.45, 7) is 0.954. The van der Waals surface area contributed by atoms with E-state index in [0.717, 1.165) is 23.8 Å². The maximum absolute atomic E-state index is 6.24. The summed E-state index contributed by atoms with van der Waals surface area (Å²) >= 11 is 0. The highest BCUT2D eigenvalue weighted by Crippen LogP contribution is 2.53. The van der Waals surface area contributed by atoms with Crippen LogP contribution in [0.15, 0.2) is 71.3 Å². The summed E-state index contributed by atoms with van der Waals surface area (Å²) in [5.74, 6) is 4.27. The third-order valence-electron chi connectivity index (χ3n) is 7.04. The highest BCUT2D eigenvalue weighted by Gasteiger charge is 2.45. The first-order valence-electron chi connectivity index (χ1n) is 10.5. The van der Waals surface area contributed by atoms with Gasteiger partial charge in [-0.25, -0.2) is 0 Å². The molecule has 0 amide bonds. The quantitative estimate of drug-likeness (QED) is 0.568. The van der Waals surface area contributed by atoms with Crippen LogP contribution in [0.3, 0.4) is 0 Å². The Kier molecular flexibility index (Phi) is 3.83. The molecule has 2 fully saturated rings. The van der Waals surface area contributed by atoms with Crippen LogP contribution in [0.1, 0.15) is 48.5 Å². The highest BCUT2D eigenvalue weighted by atomic mass is 16.5. The fraction of sp³-hybridized carbons (Fsp3) is 0.360. The van der Waals surface area contributed by atoms with Gasteiger partial charge in [-0.2, -0.15) is 0 Å². The van der Waals surface area contributed by atoms with E-state index in [4.69, 9.17) is 9.15 Å². The second kappa shape index (κ2) is 6.52. The fourth-order valence-corrected chi connectivity index (χ4v) is 5.88. The number of para-hydroxylation sites is 2. The van der Waals surface area contributed by atoms with E-state index in [0.29, 0.717) is 23.9 Å². The molecule has 0 saturated carbocycles. The summed E-state index contributed by atoms with van der Waals surface area (Å²) in [6.07, 6.45) is 6.93. The van der Waals surface area contributed by atoms with Gasteiger partial charge in [0.2, 0.25) is 0 Å². The SMILES string of the molecule is c1coc(CN2C3CCC2CC(C2c4ccccc4Oc4ccccc42)C3)c1. The van der Waals surface area contributed by atoms with Gasteiger partial charge < -0.3 is 9.15 Å². The minimum Gasteiger partial charge on any atom is -0.468 e. The van der Waals surface area contributed by atoms with Gasteiger partial charge >= 0.3 is 0 Å². The van der Waals surface area contributed by atoms with Gasteiger partial charge in [-0.05, 0) is 55.9 Å². The monoisotopic (exact) mass is 371 g/mol. The molecule has 0 spiro atoms. The van der Waals surface area contributed by atoms with Crippen LogP contribution in [0.5, 0.6) is 11.5 Å². The van der Waals surface area contributed by atoms with Crippen molar-refractivity contribution in [3.8, 4) is 11.5 Å². The third kappa shape index (κ3) is 2.61. The number of fused-ring (bicyclic) bond motifs is 4. The molecule has 28 heavy (non-hydrogen) atoms. The van der Waals surface area contributed by atoms with Crippen LogP contribution in [0.2, 0.25) is 0 Å². The molecule has 2 unspecified atom stereocenters. The lowest BCUT2D eigenvalue weighted by molar-refractivity contribution is 0.0820. The van der Waals surface area contributed by atoms with Gasteiger partial charge in [-0.3, -0.25) is 4.90 Å². The largest absolute Gasteiger partial charge is 0.468 e. The molecule has 2 bridgehead atoms. The zero-order valence-electron chi connectivity index (χ0n) is 16.0. The van der Waals surface area contributed by atoms with Crippen LogP contribution < -0.4 is 4.74 Å². The van der Waals surface area contributed by atoms with Crippen LogP contribution in [0, 0.1) is 5.92 Å². The summed E-state index contributed by atoms with van der Waals surface area (Å²) in [4.78, 5) is 2.70. The highest BCUT2D eigenvalue weighted by molar-refractivity contribution is 5.53. The Bertz CT molecular complexity index is 920. The normalized spacial score (nSPS) is 26.5. The molecule has 1 aromatic heterocycles. The van der Waals surface area contributed by atoms with Crippen molar-refractivity contribution in [1.29, 1.82) is 0 Å². The van der Waals surface area contributed by atoms with Crippen LogP contribution in [-0.4, -0.2) is 17.0 Å². The third-order valence-corrected chi connectivity index (χ3v) is 7.04. The number of nitrogens with zero attached hydrogens (tertiary/aromatic N) is 1. The molecular formula is C25H25NO2. The van der Waals surface area contributed by atoms with Crippen molar-refractivity contribution in [3.05, 3.63) is 83.8 Å². The molecule has 6 rings (SSSR count). The van der Waals surface area contributed by atoms with Crippen LogP contribution in [0.4, 0.5) is 0 Å². The number of piperidine rings is 1. The summed E-state index contributed by atoms with van der Waals surface area (Å²) < 4.78 is 11.9. The molecule has 0 N–H and O–H groups in total. The van der Waals surface area contributed by atoms with Crippen molar-refractivity contribution < 1.29 is 9.15 Å². The molecule has 3 aliphatic heterocycles. The van der Waals surface area contributed by atoms with Crippen molar-refractivity contribution in [2.24, 2.45) is 5.92 Å². The minimum atomic E-state index is 0.440. The van der Waals surface area contributed by atoms with Gasteiger partial charge in [-0.1, -0.05) is 36.4 Å². The molecule has 4 heterocycles. The van der Waals surface area contributed by atoms with Crippen molar-refractivity contribution >= 4 is 0 Å². The van der Waals surface area contributed by atoms with E-state index in [1.54, 1.807) is 6.26 Å². The predicted octanol–water partition coefficient (Wildman–Crippen LogP) is 5.96. The molecule has 0 radical (unpaired) electrons. The number of furan rings is 1. The molecule has 2 aromatic carbocycles. The molecular weight excluding hydrogens is 346 g/mol. The number of ether oxygens (including phenoxy) is 1. The summed E-state index contributed by atoms with van der Waals surface area (Å²) in [5.41, 5.74) is 2.73. The maximum atomic E-state index is 6.24. The van der Waals surface area contributed by atoms with E-state index >= 15 is 0 Å². The number of rotatable bonds is 3. The van der Waals surface area contributed by atoms with Crippen LogP contribution >= 0.6 is 0 Å². The second-order valence-corrected chi connectivity index (χ2v) is 8.52. The summed E-state index contributed by atoms with van der Waals surface area (Å²) in [5, 5.41) is 0. The first kappa shape index (κ1) is 16.4. The van der Waals surface area contributed by atoms with Crippen molar-refractivity contribution in [3.63, 3.8) is 0 Å². The van der Waals surface area contributed by atoms with Gasteiger partial charge in [0.25, 0.3) is 0 Å². The fourth-order valence-electron chi connectivity index (χ4n) is 5.88. The second-order valence-electron chi connectivity index (χ2n) is 8.52.